The van der Waals surface area contributed by atoms with Crippen LogP contribution in [-0.2, 0) is 10.2 Å². The Bertz CT molecular complexity index is 312. The van der Waals surface area contributed by atoms with Crippen molar-refractivity contribution in [1.82, 2.24) is 5.32 Å². The first-order valence-corrected chi connectivity index (χ1v) is 7.07. The van der Waals surface area contributed by atoms with Crippen molar-refractivity contribution in [3.63, 3.8) is 0 Å². The number of hydrogen-bond acceptors (Lipinski definition) is 2. The van der Waals surface area contributed by atoms with E-state index in [1.165, 1.54) is 5.56 Å². The zero-order chi connectivity index (χ0) is 13.3. The van der Waals surface area contributed by atoms with Crippen LogP contribution in [0.3, 0.4) is 0 Å². The standard InChI is InChI=1S/C16H27NO/c1-4-12-18-13-11-16(5-2,14-17-3)15-9-7-6-8-10-15/h6-10,17H,4-5,11-14H2,1-3H3. The monoisotopic (exact) mass is 249 g/mol. The summed E-state index contributed by atoms with van der Waals surface area (Å²) in [4.78, 5) is 0. The molecule has 2 heteroatoms. The largest absolute Gasteiger partial charge is 0.381 e. The van der Waals surface area contributed by atoms with E-state index < -0.39 is 0 Å². The van der Waals surface area contributed by atoms with E-state index in [2.05, 4.69) is 49.5 Å². The van der Waals surface area contributed by atoms with Crippen LogP contribution >= 0.6 is 0 Å². The zero-order valence-electron chi connectivity index (χ0n) is 12.0. The van der Waals surface area contributed by atoms with Gasteiger partial charge in [0, 0.05) is 25.2 Å². The summed E-state index contributed by atoms with van der Waals surface area (Å²) in [6.45, 7) is 7.14. The van der Waals surface area contributed by atoms with E-state index in [1.807, 2.05) is 7.05 Å². The second-order valence-electron chi connectivity index (χ2n) is 4.89. The summed E-state index contributed by atoms with van der Waals surface area (Å²) in [7, 11) is 2.03. The molecule has 102 valence electrons. The van der Waals surface area contributed by atoms with Gasteiger partial charge in [-0.2, -0.15) is 0 Å². The topological polar surface area (TPSA) is 21.3 Å². The molecule has 18 heavy (non-hydrogen) atoms. The van der Waals surface area contributed by atoms with Gasteiger partial charge in [-0.3, -0.25) is 0 Å². The third-order valence-electron chi connectivity index (χ3n) is 3.65. The Morgan fingerprint density at radius 1 is 1.11 bits per heavy atom. The first kappa shape index (κ1) is 15.2. The number of ether oxygens (including phenoxy) is 1. The highest BCUT2D eigenvalue weighted by Crippen LogP contribution is 2.31. The molecule has 1 rings (SSSR count). The van der Waals surface area contributed by atoms with Gasteiger partial charge in [-0.15, -0.1) is 0 Å². The summed E-state index contributed by atoms with van der Waals surface area (Å²) in [5.74, 6) is 0. The van der Waals surface area contributed by atoms with Crippen molar-refractivity contribution in [3.05, 3.63) is 35.9 Å². The molecule has 1 aromatic rings. The van der Waals surface area contributed by atoms with Crippen LogP contribution in [0.2, 0.25) is 0 Å². The van der Waals surface area contributed by atoms with Crippen molar-refractivity contribution in [3.8, 4) is 0 Å². The Labute approximate surface area is 112 Å². The third kappa shape index (κ3) is 4.11. The van der Waals surface area contributed by atoms with Crippen molar-refractivity contribution in [2.75, 3.05) is 26.8 Å². The minimum Gasteiger partial charge on any atom is -0.381 e. The average Bonchev–Trinajstić information content (AvgIpc) is 2.43. The lowest BCUT2D eigenvalue weighted by molar-refractivity contribution is 0.112. The Kier molecular flexibility index (Phi) is 6.99. The van der Waals surface area contributed by atoms with Crippen LogP contribution in [0.5, 0.6) is 0 Å². The van der Waals surface area contributed by atoms with E-state index in [9.17, 15) is 0 Å². The number of benzene rings is 1. The van der Waals surface area contributed by atoms with Crippen molar-refractivity contribution in [2.24, 2.45) is 0 Å². The Morgan fingerprint density at radius 3 is 2.39 bits per heavy atom. The lowest BCUT2D eigenvalue weighted by atomic mass is 9.75. The molecule has 2 nitrogen and oxygen atoms in total. The van der Waals surface area contributed by atoms with Crippen LogP contribution < -0.4 is 5.32 Å². The number of likely N-dealkylation sites (N-methyl/N-ethyl adjacent to an activating group) is 1. The van der Waals surface area contributed by atoms with E-state index in [0.29, 0.717) is 0 Å². The summed E-state index contributed by atoms with van der Waals surface area (Å²) in [6.07, 6.45) is 3.30. The van der Waals surface area contributed by atoms with Crippen LogP contribution in [0.15, 0.2) is 30.3 Å². The summed E-state index contributed by atoms with van der Waals surface area (Å²) < 4.78 is 5.68. The maximum atomic E-state index is 5.68. The van der Waals surface area contributed by atoms with Crippen LogP contribution in [-0.4, -0.2) is 26.8 Å². The van der Waals surface area contributed by atoms with Gasteiger partial charge in [0.2, 0.25) is 0 Å². The molecule has 0 bridgehead atoms. The first-order valence-electron chi connectivity index (χ1n) is 7.07. The molecule has 1 atom stereocenters. The fourth-order valence-electron chi connectivity index (χ4n) is 2.48. The third-order valence-corrected chi connectivity index (χ3v) is 3.65. The van der Waals surface area contributed by atoms with Gasteiger partial charge in [-0.25, -0.2) is 0 Å². The van der Waals surface area contributed by atoms with Gasteiger partial charge in [0.1, 0.15) is 0 Å². The molecule has 0 spiro atoms. The molecular weight excluding hydrogens is 222 g/mol. The molecule has 0 heterocycles. The average molecular weight is 249 g/mol. The molecule has 0 saturated heterocycles. The molecular formula is C16H27NO. The highest BCUT2D eigenvalue weighted by molar-refractivity contribution is 5.25. The maximum absolute atomic E-state index is 5.68. The van der Waals surface area contributed by atoms with Crippen molar-refractivity contribution >= 4 is 0 Å². The minimum absolute atomic E-state index is 0.198. The fraction of sp³-hybridized carbons (Fsp3) is 0.625. The van der Waals surface area contributed by atoms with E-state index >= 15 is 0 Å². The lowest BCUT2D eigenvalue weighted by Gasteiger charge is -2.33. The SMILES string of the molecule is CCCOCCC(CC)(CNC)c1ccccc1. The summed E-state index contributed by atoms with van der Waals surface area (Å²) >= 11 is 0. The molecule has 0 saturated carbocycles. The smallest absolute Gasteiger partial charge is 0.0475 e. The molecule has 0 aliphatic carbocycles. The number of hydrogen-bond donors (Lipinski definition) is 1. The van der Waals surface area contributed by atoms with Gasteiger partial charge in [-0.1, -0.05) is 44.2 Å². The Hall–Kier alpha value is -0.860. The predicted molar refractivity (Wildman–Crippen MR) is 78.1 cm³/mol. The number of rotatable bonds is 9. The van der Waals surface area contributed by atoms with E-state index in [-0.39, 0.29) is 5.41 Å². The fourth-order valence-corrected chi connectivity index (χ4v) is 2.48. The van der Waals surface area contributed by atoms with Crippen molar-refractivity contribution in [1.29, 1.82) is 0 Å². The van der Waals surface area contributed by atoms with E-state index in [0.717, 1.165) is 39.0 Å². The first-order chi connectivity index (χ1) is 8.79. The second kappa shape index (κ2) is 8.28. The zero-order valence-corrected chi connectivity index (χ0v) is 12.0. The Morgan fingerprint density at radius 2 is 1.83 bits per heavy atom. The van der Waals surface area contributed by atoms with Gasteiger partial charge in [0.15, 0.2) is 0 Å². The molecule has 0 radical (unpaired) electrons. The molecule has 0 amide bonds. The van der Waals surface area contributed by atoms with Gasteiger partial charge < -0.3 is 10.1 Å². The van der Waals surface area contributed by atoms with Gasteiger partial charge in [-0.05, 0) is 31.9 Å². The second-order valence-corrected chi connectivity index (χ2v) is 4.89. The normalized spacial score (nSPS) is 14.4. The molecule has 1 unspecified atom stereocenters. The van der Waals surface area contributed by atoms with Gasteiger partial charge in [0.25, 0.3) is 0 Å². The summed E-state index contributed by atoms with van der Waals surface area (Å²) in [5, 5.41) is 3.34. The van der Waals surface area contributed by atoms with Gasteiger partial charge in [0.05, 0.1) is 0 Å². The maximum Gasteiger partial charge on any atom is 0.0475 e. The van der Waals surface area contributed by atoms with E-state index in [4.69, 9.17) is 4.74 Å². The number of nitrogens with one attached hydrogen (secondary N) is 1. The summed E-state index contributed by atoms with van der Waals surface area (Å²) in [5.41, 5.74) is 1.62. The molecule has 1 N–H and O–H groups in total. The van der Waals surface area contributed by atoms with Crippen LogP contribution in [0, 0.1) is 0 Å². The van der Waals surface area contributed by atoms with Crippen molar-refractivity contribution in [2.45, 2.75) is 38.5 Å². The van der Waals surface area contributed by atoms with Crippen LogP contribution in [0.4, 0.5) is 0 Å². The van der Waals surface area contributed by atoms with Crippen molar-refractivity contribution < 1.29 is 4.74 Å². The molecule has 0 aliphatic heterocycles. The predicted octanol–water partition coefficient (Wildman–Crippen LogP) is 3.37. The quantitative estimate of drug-likeness (QED) is 0.678. The van der Waals surface area contributed by atoms with Crippen LogP contribution in [0.25, 0.3) is 0 Å². The molecule has 0 aromatic heterocycles. The molecule has 1 aromatic carbocycles. The molecule has 0 fully saturated rings. The van der Waals surface area contributed by atoms with E-state index in [1.54, 1.807) is 0 Å². The highest BCUT2D eigenvalue weighted by atomic mass is 16.5. The van der Waals surface area contributed by atoms with Gasteiger partial charge >= 0.3 is 0 Å². The molecule has 0 aliphatic rings. The Balaban J connectivity index is 2.74. The highest BCUT2D eigenvalue weighted by Gasteiger charge is 2.29. The minimum atomic E-state index is 0.198. The lowest BCUT2D eigenvalue weighted by Crippen LogP contribution is -2.37. The van der Waals surface area contributed by atoms with Crippen LogP contribution in [0.1, 0.15) is 38.7 Å². The summed E-state index contributed by atoms with van der Waals surface area (Å²) in [6, 6.07) is 10.8.